The molecule has 0 rings (SSSR count). The van der Waals surface area contributed by atoms with Crippen molar-refractivity contribution in [3.63, 3.8) is 0 Å². The quantitative estimate of drug-likeness (QED) is 0.542. The number of hydrogen-bond acceptors (Lipinski definition) is 2. The number of esters is 1. The van der Waals surface area contributed by atoms with E-state index >= 15 is 0 Å². The second-order valence-electron chi connectivity index (χ2n) is 2.45. The van der Waals surface area contributed by atoms with Crippen molar-refractivity contribution in [2.75, 3.05) is 6.61 Å². The molecule has 0 heterocycles. The summed E-state index contributed by atoms with van der Waals surface area (Å²) in [6.07, 6.45) is -10.0. The van der Waals surface area contributed by atoms with Crippen molar-refractivity contribution in [2.45, 2.75) is 25.2 Å². The number of ether oxygens (including phenoxy) is 1. The number of alkyl halides is 6. The van der Waals surface area contributed by atoms with Gasteiger partial charge in [0, 0.05) is 6.92 Å². The standard InChI is InChI=1S/C6H6F6O2/c1-3(13)14-2-5(8,9)4(7)6(10,11)12/h4H,2H2,1H3. The molecule has 0 aliphatic heterocycles. The fourth-order valence-corrected chi connectivity index (χ4v) is 0.510. The summed E-state index contributed by atoms with van der Waals surface area (Å²) in [6.45, 7) is -1.21. The van der Waals surface area contributed by atoms with Gasteiger partial charge in [-0.3, -0.25) is 4.79 Å². The van der Waals surface area contributed by atoms with Crippen LogP contribution in [0.15, 0.2) is 0 Å². The number of carbonyl (C=O) groups is 1. The van der Waals surface area contributed by atoms with Gasteiger partial charge in [-0.05, 0) is 0 Å². The van der Waals surface area contributed by atoms with E-state index in [1.54, 1.807) is 0 Å². The Morgan fingerprint density at radius 3 is 2.00 bits per heavy atom. The molecule has 0 spiro atoms. The molecule has 0 bridgehead atoms. The van der Waals surface area contributed by atoms with Crippen molar-refractivity contribution in [1.29, 1.82) is 0 Å². The van der Waals surface area contributed by atoms with Crippen molar-refractivity contribution in [3.05, 3.63) is 0 Å². The smallest absolute Gasteiger partial charge is 0.425 e. The third-order valence-electron chi connectivity index (χ3n) is 1.13. The third-order valence-corrected chi connectivity index (χ3v) is 1.13. The highest BCUT2D eigenvalue weighted by atomic mass is 19.4. The van der Waals surface area contributed by atoms with E-state index in [9.17, 15) is 31.1 Å². The summed E-state index contributed by atoms with van der Waals surface area (Å²) < 4.78 is 74.7. The molecule has 2 nitrogen and oxygen atoms in total. The minimum atomic E-state index is -5.68. The zero-order valence-electron chi connectivity index (χ0n) is 6.87. The van der Waals surface area contributed by atoms with Gasteiger partial charge in [-0.1, -0.05) is 0 Å². The Balaban J connectivity index is 4.38. The maximum atomic E-state index is 12.3. The zero-order chi connectivity index (χ0) is 11.6. The molecule has 1 atom stereocenters. The van der Waals surface area contributed by atoms with Crippen LogP contribution in [0, 0.1) is 0 Å². The molecule has 0 saturated carbocycles. The first-order valence-electron chi connectivity index (χ1n) is 3.29. The van der Waals surface area contributed by atoms with Gasteiger partial charge in [-0.15, -0.1) is 0 Å². The Morgan fingerprint density at radius 2 is 1.71 bits per heavy atom. The fraction of sp³-hybridized carbons (Fsp3) is 0.833. The van der Waals surface area contributed by atoms with Crippen LogP contribution in [0.4, 0.5) is 26.3 Å². The van der Waals surface area contributed by atoms with Gasteiger partial charge in [-0.2, -0.15) is 22.0 Å². The van der Waals surface area contributed by atoms with Crippen molar-refractivity contribution in [3.8, 4) is 0 Å². The Hall–Kier alpha value is -0.950. The minimum absolute atomic E-state index is 0.719. The van der Waals surface area contributed by atoms with Gasteiger partial charge in [0.15, 0.2) is 6.61 Å². The van der Waals surface area contributed by atoms with Gasteiger partial charge >= 0.3 is 18.1 Å². The van der Waals surface area contributed by atoms with Gasteiger partial charge in [0.05, 0.1) is 0 Å². The van der Waals surface area contributed by atoms with Crippen LogP contribution in [0.2, 0.25) is 0 Å². The lowest BCUT2D eigenvalue weighted by atomic mass is 10.2. The van der Waals surface area contributed by atoms with E-state index in [1.165, 1.54) is 0 Å². The molecule has 8 heteroatoms. The van der Waals surface area contributed by atoms with Gasteiger partial charge in [0.2, 0.25) is 0 Å². The van der Waals surface area contributed by atoms with Crippen molar-refractivity contribution >= 4 is 5.97 Å². The van der Waals surface area contributed by atoms with E-state index in [2.05, 4.69) is 4.74 Å². The van der Waals surface area contributed by atoms with Crippen molar-refractivity contribution in [2.24, 2.45) is 0 Å². The molecular weight excluding hydrogens is 218 g/mol. The van der Waals surface area contributed by atoms with Crippen LogP contribution < -0.4 is 0 Å². The van der Waals surface area contributed by atoms with Gasteiger partial charge in [0.25, 0.3) is 6.17 Å². The van der Waals surface area contributed by atoms with Gasteiger partial charge in [0.1, 0.15) is 0 Å². The Kier molecular flexibility index (Phi) is 3.78. The summed E-state index contributed by atoms with van der Waals surface area (Å²) in [5, 5.41) is 0. The Morgan fingerprint density at radius 1 is 1.29 bits per heavy atom. The van der Waals surface area contributed by atoms with E-state index in [1.807, 2.05) is 0 Å². The molecule has 0 amide bonds. The molecule has 0 aromatic rings. The highest BCUT2D eigenvalue weighted by Crippen LogP contribution is 2.34. The highest BCUT2D eigenvalue weighted by molar-refractivity contribution is 5.65. The maximum absolute atomic E-state index is 12.3. The average molecular weight is 224 g/mol. The van der Waals surface area contributed by atoms with Crippen LogP contribution in [0.1, 0.15) is 6.92 Å². The molecule has 14 heavy (non-hydrogen) atoms. The first kappa shape index (κ1) is 13.0. The predicted octanol–water partition coefficient (Wildman–Crippen LogP) is 2.09. The van der Waals surface area contributed by atoms with E-state index in [0.29, 0.717) is 0 Å². The van der Waals surface area contributed by atoms with Crippen LogP contribution in [0.25, 0.3) is 0 Å². The molecule has 0 aromatic carbocycles. The van der Waals surface area contributed by atoms with Crippen LogP contribution in [-0.2, 0) is 9.53 Å². The van der Waals surface area contributed by atoms with Crippen LogP contribution in [0.3, 0.4) is 0 Å². The maximum Gasteiger partial charge on any atom is 0.425 e. The topological polar surface area (TPSA) is 26.3 Å². The van der Waals surface area contributed by atoms with Gasteiger partial charge in [-0.25, -0.2) is 4.39 Å². The SMILES string of the molecule is CC(=O)OCC(F)(F)C(F)C(F)(F)F. The highest BCUT2D eigenvalue weighted by Gasteiger charge is 2.57. The van der Waals surface area contributed by atoms with E-state index < -0.39 is 30.8 Å². The molecule has 0 aliphatic carbocycles. The third kappa shape index (κ3) is 3.84. The van der Waals surface area contributed by atoms with E-state index in [0.717, 1.165) is 6.92 Å². The Bertz CT molecular complexity index is 211. The van der Waals surface area contributed by atoms with Crippen molar-refractivity contribution in [1.82, 2.24) is 0 Å². The van der Waals surface area contributed by atoms with Crippen molar-refractivity contribution < 1.29 is 35.9 Å². The molecule has 0 aromatic heterocycles. The summed E-state index contributed by atoms with van der Waals surface area (Å²) >= 11 is 0. The first-order valence-corrected chi connectivity index (χ1v) is 3.29. The molecule has 0 saturated heterocycles. The van der Waals surface area contributed by atoms with E-state index in [-0.39, 0.29) is 0 Å². The summed E-state index contributed by atoms with van der Waals surface area (Å²) in [5.41, 5.74) is 0. The molecule has 0 N–H and O–H groups in total. The molecule has 0 radical (unpaired) electrons. The lowest BCUT2D eigenvalue weighted by Crippen LogP contribution is -2.45. The lowest BCUT2D eigenvalue weighted by Gasteiger charge is -2.21. The van der Waals surface area contributed by atoms with Crippen LogP contribution in [-0.4, -0.2) is 30.8 Å². The summed E-state index contributed by atoms with van der Waals surface area (Å²) in [4.78, 5) is 10.0. The molecule has 84 valence electrons. The largest absolute Gasteiger partial charge is 0.459 e. The monoisotopic (exact) mass is 224 g/mol. The predicted molar refractivity (Wildman–Crippen MR) is 32.5 cm³/mol. The Labute approximate surface area is 74.8 Å². The summed E-state index contributed by atoms with van der Waals surface area (Å²) in [5.74, 6) is -5.97. The number of hydrogen-bond donors (Lipinski definition) is 0. The zero-order valence-corrected chi connectivity index (χ0v) is 6.87. The number of rotatable bonds is 3. The second kappa shape index (κ2) is 4.05. The van der Waals surface area contributed by atoms with E-state index in [4.69, 9.17) is 0 Å². The number of halogens is 6. The molecule has 1 unspecified atom stereocenters. The average Bonchev–Trinajstić information content (AvgIpc) is 1.98. The fourth-order valence-electron chi connectivity index (χ4n) is 0.510. The summed E-state index contributed by atoms with van der Waals surface area (Å²) in [6, 6.07) is 0. The lowest BCUT2D eigenvalue weighted by molar-refractivity contribution is -0.254. The summed E-state index contributed by atoms with van der Waals surface area (Å²) in [7, 11) is 0. The molecule has 0 aliphatic rings. The van der Waals surface area contributed by atoms with Crippen LogP contribution in [0.5, 0.6) is 0 Å². The first-order chi connectivity index (χ1) is 6.07. The van der Waals surface area contributed by atoms with Gasteiger partial charge < -0.3 is 4.74 Å². The normalized spacial score (nSPS) is 15.1. The van der Waals surface area contributed by atoms with Crippen LogP contribution >= 0.6 is 0 Å². The number of carbonyl (C=O) groups excluding carboxylic acids is 1. The molecule has 0 fully saturated rings. The minimum Gasteiger partial charge on any atom is -0.459 e. The molecular formula is C6H6F6O2. The second-order valence-corrected chi connectivity index (χ2v) is 2.45.